The molecule has 220 valence electrons. The lowest BCUT2D eigenvalue weighted by Crippen LogP contribution is -2.36. The molecule has 0 saturated heterocycles. The average molecular weight is 603 g/mol. The first-order valence-electron chi connectivity index (χ1n) is 15.8. The van der Waals surface area contributed by atoms with E-state index >= 15 is 0 Å². The van der Waals surface area contributed by atoms with Gasteiger partial charge in [-0.15, -0.1) is 0 Å². The van der Waals surface area contributed by atoms with Crippen LogP contribution in [0.15, 0.2) is 160 Å². The van der Waals surface area contributed by atoms with Crippen molar-refractivity contribution in [2.45, 2.75) is 6.17 Å². The quantitative estimate of drug-likeness (QED) is 0.205. The van der Waals surface area contributed by atoms with E-state index in [1.807, 2.05) is 24.3 Å². The summed E-state index contributed by atoms with van der Waals surface area (Å²) in [4.78, 5) is 15.5. The van der Waals surface area contributed by atoms with E-state index in [1.54, 1.807) is 6.20 Å². The summed E-state index contributed by atoms with van der Waals surface area (Å²) in [5.41, 5.74) is 4.36. The van der Waals surface area contributed by atoms with Gasteiger partial charge in [0.1, 0.15) is 22.7 Å². The fourth-order valence-electron chi connectivity index (χ4n) is 7.16. The molecular weight excluding hydrogens is 576 g/mol. The monoisotopic (exact) mass is 602 g/mol. The second-order valence-electron chi connectivity index (χ2n) is 12.0. The van der Waals surface area contributed by atoms with Gasteiger partial charge in [-0.25, -0.2) is 9.98 Å². The van der Waals surface area contributed by atoms with Gasteiger partial charge >= 0.3 is 0 Å². The summed E-state index contributed by atoms with van der Waals surface area (Å²) >= 11 is 0. The third-order valence-electron chi connectivity index (χ3n) is 9.33. The molecule has 1 aliphatic rings. The third-order valence-corrected chi connectivity index (χ3v) is 9.33. The molecule has 0 bridgehead atoms. The zero-order chi connectivity index (χ0) is 30.9. The van der Waals surface area contributed by atoms with Crippen LogP contribution in [-0.2, 0) is 0 Å². The highest BCUT2D eigenvalue weighted by Crippen LogP contribution is 2.39. The Labute approximate surface area is 269 Å². The Morgan fingerprint density at radius 3 is 2.06 bits per heavy atom. The Kier molecular flexibility index (Phi) is 5.57. The highest BCUT2D eigenvalue weighted by molar-refractivity contribution is 6.24. The molecule has 0 aliphatic carbocycles. The summed E-state index contributed by atoms with van der Waals surface area (Å²) in [7, 11) is 0. The Bertz CT molecular complexity index is 2790. The number of nitrogens with zero attached hydrogens (tertiary/aromatic N) is 3. The van der Waals surface area contributed by atoms with Crippen molar-refractivity contribution in [2.24, 2.45) is 9.98 Å². The second kappa shape index (κ2) is 10.1. The molecule has 7 aromatic carbocycles. The molecule has 2 aromatic heterocycles. The zero-order valence-electron chi connectivity index (χ0n) is 25.2. The molecule has 5 nitrogen and oxygen atoms in total. The van der Waals surface area contributed by atoms with Gasteiger partial charge in [-0.2, -0.15) is 0 Å². The summed E-state index contributed by atoms with van der Waals surface area (Å²) in [6, 6.07) is 48.7. The number of hydrogen-bond acceptors (Lipinski definition) is 5. The predicted molar refractivity (Wildman–Crippen MR) is 193 cm³/mol. The van der Waals surface area contributed by atoms with Gasteiger partial charge in [-0.05, 0) is 67.4 Å². The number of aliphatic imine (C=N–C) groups is 2. The molecule has 5 heteroatoms. The summed E-state index contributed by atoms with van der Waals surface area (Å²) in [6.45, 7) is 0. The largest absolute Gasteiger partial charge is 0.456 e. The maximum atomic E-state index is 6.24. The van der Waals surface area contributed by atoms with Crippen LogP contribution in [0.3, 0.4) is 0 Å². The lowest BCUT2D eigenvalue weighted by Gasteiger charge is -2.24. The average Bonchev–Trinajstić information content (AvgIpc) is 3.53. The normalized spacial score (nSPS) is 15.0. The van der Waals surface area contributed by atoms with Crippen molar-refractivity contribution < 1.29 is 4.42 Å². The molecule has 1 unspecified atom stereocenters. The van der Waals surface area contributed by atoms with E-state index in [0.29, 0.717) is 5.84 Å². The number of para-hydroxylation sites is 1. The van der Waals surface area contributed by atoms with Crippen molar-refractivity contribution in [2.75, 3.05) is 0 Å². The minimum Gasteiger partial charge on any atom is -0.456 e. The highest BCUT2D eigenvalue weighted by Gasteiger charge is 2.26. The molecule has 1 N–H and O–H groups in total. The number of rotatable bonds is 3. The van der Waals surface area contributed by atoms with E-state index in [2.05, 4.69) is 121 Å². The molecule has 47 heavy (non-hydrogen) atoms. The van der Waals surface area contributed by atoms with E-state index in [-0.39, 0.29) is 0 Å². The molecule has 9 aromatic rings. The van der Waals surface area contributed by atoms with Crippen LogP contribution in [0.25, 0.3) is 65.0 Å². The van der Waals surface area contributed by atoms with E-state index in [0.717, 1.165) is 60.8 Å². The molecule has 0 radical (unpaired) electrons. The summed E-state index contributed by atoms with van der Waals surface area (Å²) in [5.74, 6) is 1.41. The topological polar surface area (TPSA) is 62.8 Å². The van der Waals surface area contributed by atoms with Gasteiger partial charge in [0, 0.05) is 22.7 Å². The van der Waals surface area contributed by atoms with Gasteiger partial charge in [-0.3, -0.25) is 4.98 Å². The SMILES string of the molecule is c1ccc2cc(C3=NC(c4cc5ccc6ccccc6c5c5ccccc45)N=C(c4nccc5oc6ccccc6c45)N3)ccc2c1. The van der Waals surface area contributed by atoms with Crippen LogP contribution >= 0.6 is 0 Å². The fraction of sp³-hybridized carbons (Fsp3) is 0.0238. The number of fused-ring (bicyclic) bond motifs is 9. The van der Waals surface area contributed by atoms with E-state index in [4.69, 9.17) is 19.4 Å². The van der Waals surface area contributed by atoms with Gasteiger partial charge < -0.3 is 9.73 Å². The van der Waals surface area contributed by atoms with Crippen LogP contribution < -0.4 is 5.32 Å². The first-order valence-corrected chi connectivity index (χ1v) is 15.8. The predicted octanol–water partition coefficient (Wildman–Crippen LogP) is 10.1. The van der Waals surface area contributed by atoms with Crippen LogP contribution in [0, 0.1) is 0 Å². The van der Waals surface area contributed by atoms with Gasteiger partial charge in [0.15, 0.2) is 12.0 Å². The molecule has 0 saturated carbocycles. The van der Waals surface area contributed by atoms with Crippen LogP contribution in [0.4, 0.5) is 0 Å². The number of aromatic nitrogens is 1. The standard InChI is InChI=1S/C42H26N4O/c1-2-11-27-23-29(20-17-25(27)9-1)40-44-41(46-42(45-40)39-38-33-15-7-8-16-35(33)47-36(38)21-22-43-39)34-24-28-19-18-26-10-3-4-12-30(26)37(28)32-14-6-5-13-31(32)34/h1-24,41H,(H,44,45,46). The Hall–Kier alpha value is -6.33. The number of furan rings is 1. The first kappa shape index (κ1) is 25.9. The molecule has 3 heterocycles. The van der Waals surface area contributed by atoms with Crippen molar-refractivity contribution in [3.05, 3.63) is 163 Å². The Morgan fingerprint density at radius 1 is 0.489 bits per heavy atom. The number of nitrogens with one attached hydrogen (secondary N) is 1. The molecule has 10 rings (SSSR count). The van der Waals surface area contributed by atoms with E-state index in [1.165, 1.54) is 26.9 Å². The summed E-state index contributed by atoms with van der Waals surface area (Å²) < 4.78 is 6.24. The highest BCUT2D eigenvalue weighted by atomic mass is 16.3. The Morgan fingerprint density at radius 2 is 1.17 bits per heavy atom. The number of amidine groups is 2. The minimum absolute atomic E-state index is 0.510. The van der Waals surface area contributed by atoms with Gasteiger partial charge in [0.05, 0.1) is 5.39 Å². The molecule has 0 fully saturated rings. The van der Waals surface area contributed by atoms with Crippen molar-refractivity contribution >= 4 is 76.7 Å². The molecular formula is C42H26N4O. The second-order valence-corrected chi connectivity index (χ2v) is 12.0. The van der Waals surface area contributed by atoms with Crippen molar-refractivity contribution in [1.82, 2.24) is 10.3 Å². The maximum absolute atomic E-state index is 6.24. The van der Waals surface area contributed by atoms with Crippen LogP contribution in [0.5, 0.6) is 0 Å². The summed E-state index contributed by atoms with van der Waals surface area (Å²) in [5, 5.41) is 15.1. The zero-order valence-corrected chi connectivity index (χ0v) is 25.2. The summed E-state index contributed by atoms with van der Waals surface area (Å²) in [6.07, 6.45) is 1.28. The van der Waals surface area contributed by atoms with Crippen LogP contribution in [-0.4, -0.2) is 16.7 Å². The number of hydrogen-bond donors (Lipinski definition) is 1. The third kappa shape index (κ3) is 4.07. The lowest BCUT2D eigenvalue weighted by atomic mass is 9.92. The number of pyridine rings is 1. The van der Waals surface area contributed by atoms with Gasteiger partial charge in [0.25, 0.3) is 0 Å². The number of benzene rings is 7. The van der Waals surface area contributed by atoms with Gasteiger partial charge in [-0.1, -0.05) is 115 Å². The maximum Gasteiger partial charge on any atom is 0.170 e. The molecule has 1 atom stereocenters. The lowest BCUT2D eigenvalue weighted by molar-refractivity contribution is 0.668. The molecule has 0 spiro atoms. The van der Waals surface area contributed by atoms with Crippen LogP contribution in [0.2, 0.25) is 0 Å². The first-order chi connectivity index (χ1) is 23.3. The van der Waals surface area contributed by atoms with Crippen molar-refractivity contribution in [1.29, 1.82) is 0 Å². The van der Waals surface area contributed by atoms with E-state index < -0.39 is 6.17 Å². The minimum atomic E-state index is -0.510. The molecule has 0 amide bonds. The smallest absolute Gasteiger partial charge is 0.170 e. The van der Waals surface area contributed by atoms with Crippen molar-refractivity contribution in [3.63, 3.8) is 0 Å². The fourth-order valence-corrected chi connectivity index (χ4v) is 7.16. The van der Waals surface area contributed by atoms with Crippen molar-refractivity contribution in [3.8, 4) is 0 Å². The molecule has 1 aliphatic heterocycles. The van der Waals surface area contributed by atoms with Crippen LogP contribution in [0.1, 0.15) is 23.0 Å². The Balaban J connectivity index is 1.24. The van der Waals surface area contributed by atoms with E-state index in [9.17, 15) is 0 Å². The van der Waals surface area contributed by atoms with Gasteiger partial charge in [0.2, 0.25) is 0 Å².